The number of imidazole rings is 1. The molecule has 0 unspecified atom stereocenters. The van der Waals surface area contributed by atoms with Crippen molar-refractivity contribution in [3.63, 3.8) is 0 Å². The Bertz CT molecular complexity index is 719. The number of halogens is 1. The van der Waals surface area contributed by atoms with Crippen molar-refractivity contribution < 1.29 is 0 Å². The van der Waals surface area contributed by atoms with Crippen molar-refractivity contribution in [3.05, 3.63) is 54.1 Å². The van der Waals surface area contributed by atoms with E-state index in [-0.39, 0.29) is 0 Å². The molecule has 0 bridgehead atoms. The van der Waals surface area contributed by atoms with E-state index in [1.165, 1.54) is 6.33 Å². The molecule has 0 fully saturated rings. The van der Waals surface area contributed by atoms with E-state index in [0.717, 1.165) is 23.6 Å². The lowest BCUT2D eigenvalue weighted by Gasteiger charge is -2.13. The third kappa shape index (κ3) is 2.90. The third-order valence-corrected chi connectivity index (χ3v) is 3.46. The number of hydrogen-bond donors (Lipinski definition) is 1. The summed E-state index contributed by atoms with van der Waals surface area (Å²) in [6.07, 6.45) is 6.85. The van der Waals surface area contributed by atoms with Crippen molar-refractivity contribution in [1.29, 1.82) is 0 Å². The molecule has 3 rings (SSSR count). The normalized spacial score (nSPS) is 10.8. The van der Waals surface area contributed by atoms with Crippen LogP contribution in [0.4, 0.5) is 5.69 Å². The smallest absolute Gasteiger partial charge is 0.138 e. The molecular formula is C14H15ClN6. The van der Waals surface area contributed by atoms with E-state index in [4.69, 9.17) is 11.6 Å². The summed E-state index contributed by atoms with van der Waals surface area (Å²) in [6.45, 7) is 3.64. The summed E-state index contributed by atoms with van der Waals surface area (Å²) in [5.74, 6) is 0. The van der Waals surface area contributed by atoms with Gasteiger partial charge in [-0.25, -0.2) is 14.6 Å². The number of aromatic nitrogens is 5. The lowest BCUT2D eigenvalue weighted by molar-refractivity contribution is 0.719. The fourth-order valence-electron chi connectivity index (χ4n) is 2.15. The van der Waals surface area contributed by atoms with E-state index in [1.54, 1.807) is 11.0 Å². The van der Waals surface area contributed by atoms with Gasteiger partial charge in [-0.2, -0.15) is 5.10 Å². The number of nitrogens with zero attached hydrogens (tertiary/aromatic N) is 5. The summed E-state index contributed by atoms with van der Waals surface area (Å²) in [7, 11) is 0. The highest BCUT2D eigenvalue weighted by atomic mass is 35.5. The Labute approximate surface area is 127 Å². The zero-order valence-electron chi connectivity index (χ0n) is 11.6. The van der Waals surface area contributed by atoms with Crippen LogP contribution in [0, 0.1) is 0 Å². The van der Waals surface area contributed by atoms with Crippen molar-refractivity contribution >= 4 is 17.3 Å². The number of rotatable bonds is 5. The minimum Gasteiger partial charge on any atom is -0.378 e. The van der Waals surface area contributed by atoms with Crippen LogP contribution in [-0.4, -0.2) is 24.3 Å². The molecule has 1 aromatic carbocycles. The predicted molar refractivity (Wildman–Crippen MR) is 81.6 cm³/mol. The van der Waals surface area contributed by atoms with Crippen molar-refractivity contribution in [2.24, 2.45) is 0 Å². The molecular weight excluding hydrogens is 288 g/mol. The van der Waals surface area contributed by atoms with E-state index in [0.29, 0.717) is 11.6 Å². The minimum absolute atomic E-state index is 0.663. The van der Waals surface area contributed by atoms with E-state index in [2.05, 4.69) is 31.9 Å². The van der Waals surface area contributed by atoms with Crippen LogP contribution in [-0.2, 0) is 13.1 Å². The van der Waals surface area contributed by atoms with Gasteiger partial charge in [0.1, 0.15) is 12.7 Å². The Morgan fingerprint density at radius 2 is 2.14 bits per heavy atom. The van der Waals surface area contributed by atoms with Gasteiger partial charge in [0.2, 0.25) is 0 Å². The average molecular weight is 303 g/mol. The fourth-order valence-corrected chi connectivity index (χ4v) is 2.32. The Hall–Kier alpha value is -2.34. The highest BCUT2D eigenvalue weighted by molar-refractivity contribution is 6.31. The number of anilines is 1. The largest absolute Gasteiger partial charge is 0.378 e. The second-order valence-electron chi connectivity index (χ2n) is 4.53. The molecule has 0 spiro atoms. The van der Waals surface area contributed by atoms with Gasteiger partial charge in [-0.3, -0.25) is 0 Å². The van der Waals surface area contributed by atoms with E-state index in [9.17, 15) is 0 Å². The highest BCUT2D eigenvalue weighted by Gasteiger charge is 2.07. The topological polar surface area (TPSA) is 60.6 Å². The van der Waals surface area contributed by atoms with Crippen molar-refractivity contribution in [2.75, 3.05) is 5.32 Å². The zero-order valence-corrected chi connectivity index (χ0v) is 12.3. The van der Waals surface area contributed by atoms with Gasteiger partial charge in [0.05, 0.1) is 29.9 Å². The predicted octanol–water partition coefficient (Wildman–Crippen LogP) is 2.75. The quantitative estimate of drug-likeness (QED) is 0.787. The molecule has 0 saturated carbocycles. The zero-order chi connectivity index (χ0) is 14.7. The summed E-state index contributed by atoms with van der Waals surface area (Å²) in [6, 6.07) is 5.63. The summed E-state index contributed by atoms with van der Waals surface area (Å²) in [5, 5.41) is 8.22. The van der Waals surface area contributed by atoms with Gasteiger partial charge in [0, 0.05) is 17.8 Å². The minimum atomic E-state index is 0.663. The number of aryl methyl sites for hydroxylation is 1. The maximum Gasteiger partial charge on any atom is 0.138 e. The summed E-state index contributed by atoms with van der Waals surface area (Å²) < 4.78 is 3.79. The van der Waals surface area contributed by atoms with Gasteiger partial charge in [-0.05, 0) is 25.1 Å². The number of nitrogens with one attached hydrogen (secondary N) is 1. The molecule has 0 aliphatic rings. The third-order valence-electron chi connectivity index (χ3n) is 3.22. The van der Waals surface area contributed by atoms with Crippen LogP contribution < -0.4 is 5.32 Å². The highest BCUT2D eigenvalue weighted by Crippen LogP contribution is 2.24. The average Bonchev–Trinajstić information content (AvgIpc) is 3.16. The first kappa shape index (κ1) is 13.6. The Morgan fingerprint density at radius 3 is 2.90 bits per heavy atom. The van der Waals surface area contributed by atoms with Crippen molar-refractivity contribution in [1.82, 2.24) is 24.3 Å². The summed E-state index contributed by atoms with van der Waals surface area (Å²) >= 11 is 6.09. The molecule has 0 aliphatic heterocycles. The Morgan fingerprint density at radius 1 is 1.24 bits per heavy atom. The summed E-state index contributed by atoms with van der Waals surface area (Å²) in [5.41, 5.74) is 2.92. The van der Waals surface area contributed by atoms with Crippen LogP contribution in [0.1, 0.15) is 12.6 Å². The van der Waals surface area contributed by atoms with Gasteiger partial charge >= 0.3 is 0 Å². The monoisotopic (exact) mass is 302 g/mol. The lowest BCUT2D eigenvalue weighted by Crippen LogP contribution is -2.08. The van der Waals surface area contributed by atoms with E-state index < -0.39 is 0 Å². The van der Waals surface area contributed by atoms with Crippen LogP contribution in [0.15, 0.2) is 43.4 Å². The van der Waals surface area contributed by atoms with Crippen LogP contribution in [0.3, 0.4) is 0 Å². The Kier molecular flexibility index (Phi) is 3.87. The molecule has 2 heterocycles. The molecule has 6 nitrogen and oxygen atoms in total. The molecule has 0 saturated heterocycles. The van der Waals surface area contributed by atoms with Crippen LogP contribution in [0.2, 0.25) is 5.02 Å². The molecule has 7 heteroatoms. The van der Waals surface area contributed by atoms with Gasteiger partial charge < -0.3 is 9.88 Å². The number of hydrogen-bond acceptors (Lipinski definition) is 4. The van der Waals surface area contributed by atoms with Crippen LogP contribution in [0.5, 0.6) is 0 Å². The van der Waals surface area contributed by atoms with Gasteiger partial charge in [-0.15, -0.1) is 0 Å². The fraction of sp³-hybridized carbons (Fsp3) is 0.214. The maximum atomic E-state index is 6.09. The number of benzene rings is 1. The van der Waals surface area contributed by atoms with Crippen LogP contribution in [0.25, 0.3) is 5.69 Å². The van der Waals surface area contributed by atoms with Gasteiger partial charge in [-0.1, -0.05) is 11.6 Å². The molecule has 3 aromatic rings. The molecule has 0 aliphatic carbocycles. The van der Waals surface area contributed by atoms with Crippen molar-refractivity contribution in [3.8, 4) is 5.69 Å². The first-order valence-electron chi connectivity index (χ1n) is 6.65. The molecule has 21 heavy (non-hydrogen) atoms. The summed E-state index contributed by atoms with van der Waals surface area (Å²) in [4.78, 5) is 8.14. The molecule has 2 aromatic heterocycles. The van der Waals surface area contributed by atoms with Gasteiger partial charge in [0.25, 0.3) is 0 Å². The maximum absolute atomic E-state index is 6.09. The standard InChI is InChI=1S/C14H15ClN6/c1-2-20-9-16-6-12(20)7-18-13-5-11(15)3-4-14(13)21-10-17-8-19-21/h3-6,8-10,18H,2,7H2,1H3. The first-order valence-corrected chi connectivity index (χ1v) is 7.03. The second kappa shape index (κ2) is 5.97. The second-order valence-corrected chi connectivity index (χ2v) is 4.96. The Balaban J connectivity index is 1.86. The lowest BCUT2D eigenvalue weighted by atomic mass is 10.2. The molecule has 1 N–H and O–H groups in total. The van der Waals surface area contributed by atoms with Crippen molar-refractivity contribution in [2.45, 2.75) is 20.0 Å². The molecule has 0 atom stereocenters. The van der Waals surface area contributed by atoms with E-state index >= 15 is 0 Å². The first-order chi connectivity index (χ1) is 10.3. The molecule has 108 valence electrons. The molecule has 0 radical (unpaired) electrons. The van der Waals surface area contributed by atoms with E-state index in [1.807, 2.05) is 30.7 Å². The van der Waals surface area contributed by atoms with Gasteiger partial charge in [0.15, 0.2) is 0 Å². The SMILES string of the molecule is CCn1cncc1CNc1cc(Cl)ccc1-n1cncn1. The molecule has 0 amide bonds. The van der Waals surface area contributed by atoms with Crippen LogP contribution >= 0.6 is 11.6 Å².